The van der Waals surface area contributed by atoms with Crippen molar-refractivity contribution >= 4 is 17.7 Å². The Hall–Kier alpha value is -3.09. The minimum atomic E-state index is -0.646. The summed E-state index contributed by atoms with van der Waals surface area (Å²) in [6.07, 6.45) is 1.96. The molecule has 7 heteroatoms. The quantitative estimate of drug-likeness (QED) is 0.815. The number of pyridine rings is 1. The number of carbonyl (C=O) groups excluding carboxylic acids is 2. The van der Waals surface area contributed by atoms with Crippen molar-refractivity contribution in [1.29, 1.82) is 0 Å². The number of nitrogens with one attached hydrogen (secondary N) is 1. The van der Waals surface area contributed by atoms with E-state index in [1.807, 2.05) is 26.0 Å². The third-order valence-electron chi connectivity index (χ3n) is 5.09. The summed E-state index contributed by atoms with van der Waals surface area (Å²) >= 11 is 0. The SMILES string of the molecule is CCOC(=O)C1Oc2c(C)cc(Oc3ccnc4c3CCC(=O)N4)cc2C1C. The van der Waals surface area contributed by atoms with E-state index >= 15 is 0 Å². The molecule has 2 aliphatic rings. The van der Waals surface area contributed by atoms with Gasteiger partial charge in [0.1, 0.15) is 23.1 Å². The Kier molecular flexibility index (Phi) is 4.66. The summed E-state index contributed by atoms with van der Waals surface area (Å²) < 4.78 is 17.2. The molecule has 0 saturated carbocycles. The van der Waals surface area contributed by atoms with Crippen molar-refractivity contribution in [1.82, 2.24) is 4.98 Å². The highest BCUT2D eigenvalue weighted by atomic mass is 16.6. The molecular formula is C21H22N2O5. The Labute approximate surface area is 163 Å². The maximum absolute atomic E-state index is 12.2. The van der Waals surface area contributed by atoms with Crippen molar-refractivity contribution in [2.75, 3.05) is 11.9 Å². The summed E-state index contributed by atoms with van der Waals surface area (Å²) in [5.74, 6) is 2.04. The van der Waals surface area contributed by atoms with Gasteiger partial charge < -0.3 is 19.5 Å². The van der Waals surface area contributed by atoms with Gasteiger partial charge >= 0.3 is 5.97 Å². The molecule has 0 fully saturated rings. The topological polar surface area (TPSA) is 86.8 Å². The summed E-state index contributed by atoms with van der Waals surface area (Å²) in [6.45, 7) is 5.97. The zero-order valence-electron chi connectivity index (χ0n) is 16.1. The van der Waals surface area contributed by atoms with Crippen LogP contribution in [-0.2, 0) is 20.7 Å². The summed E-state index contributed by atoms with van der Waals surface area (Å²) in [6, 6.07) is 5.58. The molecule has 0 radical (unpaired) electrons. The van der Waals surface area contributed by atoms with Crippen LogP contribution in [0.3, 0.4) is 0 Å². The Morgan fingerprint density at radius 2 is 2.18 bits per heavy atom. The van der Waals surface area contributed by atoms with Crippen LogP contribution in [0, 0.1) is 6.92 Å². The number of aromatic nitrogens is 1. The van der Waals surface area contributed by atoms with E-state index in [4.69, 9.17) is 14.2 Å². The number of carbonyl (C=O) groups is 2. The second kappa shape index (κ2) is 7.14. The van der Waals surface area contributed by atoms with Crippen molar-refractivity contribution in [3.05, 3.63) is 41.1 Å². The van der Waals surface area contributed by atoms with E-state index in [0.717, 1.165) is 16.7 Å². The monoisotopic (exact) mass is 382 g/mol. The lowest BCUT2D eigenvalue weighted by Gasteiger charge is -2.19. The van der Waals surface area contributed by atoms with Crippen LogP contribution in [0.25, 0.3) is 0 Å². The first-order valence-electron chi connectivity index (χ1n) is 9.41. The molecule has 2 aromatic rings. The molecule has 28 heavy (non-hydrogen) atoms. The van der Waals surface area contributed by atoms with Crippen LogP contribution in [0.2, 0.25) is 0 Å². The number of ether oxygens (including phenoxy) is 3. The largest absolute Gasteiger partial charge is 0.477 e. The first-order valence-corrected chi connectivity index (χ1v) is 9.41. The second-order valence-electron chi connectivity index (χ2n) is 7.02. The molecule has 0 aliphatic carbocycles. The van der Waals surface area contributed by atoms with Gasteiger partial charge in [-0.25, -0.2) is 9.78 Å². The summed E-state index contributed by atoms with van der Waals surface area (Å²) in [7, 11) is 0. The molecule has 2 aliphatic heterocycles. The van der Waals surface area contributed by atoms with Gasteiger partial charge in [-0.1, -0.05) is 6.92 Å². The molecule has 146 valence electrons. The molecule has 7 nitrogen and oxygen atoms in total. The molecule has 4 rings (SSSR count). The number of hydrogen-bond donors (Lipinski definition) is 1. The maximum Gasteiger partial charge on any atom is 0.347 e. The predicted octanol–water partition coefficient (Wildman–Crippen LogP) is 3.49. The fourth-order valence-electron chi connectivity index (χ4n) is 3.67. The van der Waals surface area contributed by atoms with Crippen LogP contribution in [-0.4, -0.2) is 29.6 Å². The van der Waals surface area contributed by atoms with Gasteiger partial charge in [-0.05, 0) is 44.0 Å². The van der Waals surface area contributed by atoms with Gasteiger partial charge in [-0.15, -0.1) is 0 Å². The number of amides is 1. The van der Waals surface area contributed by atoms with Gasteiger partial charge in [0, 0.05) is 29.7 Å². The number of rotatable bonds is 4. The third-order valence-corrected chi connectivity index (χ3v) is 5.09. The molecule has 0 spiro atoms. The van der Waals surface area contributed by atoms with E-state index in [1.165, 1.54) is 0 Å². The zero-order chi connectivity index (χ0) is 19.8. The van der Waals surface area contributed by atoms with E-state index in [0.29, 0.717) is 42.5 Å². The lowest BCUT2D eigenvalue weighted by atomic mass is 9.96. The van der Waals surface area contributed by atoms with E-state index in [2.05, 4.69) is 10.3 Å². The molecule has 1 N–H and O–H groups in total. The summed E-state index contributed by atoms with van der Waals surface area (Å²) in [5.41, 5.74) is 2.70. The number of esters is 1. The van der Waals surface area contributed by atoms with E-state index in [1.54, 1.807) is 19.2 Å². The highest BCUT2D eigenvalue weighted by Gasteiger charge is 2.38. The fourth-order valence-corrected chi connectivity index (χ4v) is 3.67. The second-order valence-corrected chi connectivity index (χ2v) is 7.02. The van der Waals surface area contributed by atoms with Crippen molar-refractivity contribution in [3.8, 4) is 17.2 Å². The molecule has 1 amide bonds. The van der Waals surface area contributed by atoms with Gasteiger partial charge in [0.25, 0.3) is 0 Å². The Balaban J connectivity index is 1.63. The van der Waals surface area contributed by atoms with Gasteiger partial charge in [0.05, 0.1) is 6.61 Å². The zero-order valence-corrected chi connectivity index (χ0v) is 16.1. The van der Waals surface area contributed by atoms with Crippen LogP contribution in [0.5, 0.6) is 17.2 Å². The summed E-state index contributed by atoms with van der Waals surface area (Å²) in [5, 5.41) is 2.77. The Morgan fingerprint density at radius 3 is 2.96 bits per heavy atom. The van der Waals surface area contributed by atoms with E-state index in [-0.39, 0.29) is 17.8 Å². The van der Waals surface area contributed by atoms with Crippen LogP contribution < -0.4 is 14.8 Å². The Bertz CT molecular complexity index is 956. The van der Waals surface area contributed by atoms with E-state index < -0.39 is 6.10 Å². The number of fused-ring (bicyclic) bond motifs is 2. The van der Waals surface area contributed by atoms with Gasteiger partial charge in [0.15, 0.2) is 0 Å². The van der Waals surface area contributed by atoms with Gasteiger partial charge in [0.2, 0.25) is 12.0 Å². The molecule has 3 heterocycles. The Morgan fingerprint density at radius 1 is 1.36 bits per heavy atom. The van der Waals surface area contributed by atoms with Crippen LogP contribution in [0.1, 0.15) is 42.9 Å². The molecule has 0 saturated heterocycles. The van der Waals surface area contributed by atoms with Crippen LogP contribution in [0.4, 0.5) is 5.82 Å². The summed E-state index contributed by atoms with van der Waals surface area (Å²) in [4.78, 5) is 28.0. The first kappa shape index (κ1) is 18.3. The average Bonchev–Trinajstić information content (AvgIpc) is 2.99. The fraction of sp³-hybridized carbons (Fsp3) is 0.381. The number of anilines is 1. The molecule has 1 aromatic carbocycles. The van der Waals surface area contributed by atoms with Crippen LogP contribution >= 0.6 is 0 Å². The average molecular weight is 382 g/mol. The molecule has 2 unspecified atom stereocenters. The molecular weight excluding hydrogens is 360 g/mol. The number of hydrogen-bond acceptors (Lipinski definition) is 6. The normalized spacial score (nSPS) is 19.9. The van der Waals surface area contributed by atoms with Crippen molar-refractivity contribution in [3.63, 3.8) is 0 Å². The highest BCUT2D eigenvalue weighted by molar-refractivity contribution is 5.93. The smallest absolute Gasteiger partial charge is 0.347 e. The van der Waals surface area contributed by atoms with Crippen molar-refractivity contribution in [2.45, 2.75) is 45.6 Å². The standard InChI is InChI=1S/C21H22N2O5/c1-4-26-21(25)19-12(3)15-10-13(9-11(2)18(15)28-19)27-16-7-8-22-20-14(16)5-6-17(24)23-20/h7-10,12,19H,4-6H2,1-3H3,(H,22,23,24). The molecule has 0 bridgehead atoms. The van der Waals surface area contributed by atoms with Gasteiger partial charge in [-0.3, -0.25) is 4.79 Å². The minimum absolute atomic E-state index is 0.0403. The van der Waals surface area contributed by atoms with Crippen molar-refractivity contribution < 1.29 is 23.8 Å². The molecule has 1 aromatic heterocycles. The van der Waals surface area contributed by atoms with Crippen LogP contribution in [0.15, 0.2) is 24.4 Å². The van der Waals surface area contributed by atoms with Crippen molar-refractivity contribution in [2.24, 2.45) is 0 Å². The first-order chi connectivity index (χ1) is 13.5. The maximum atomic E-state index is 12.2. The predicted molar refractivity (Wildman–Crippen MR) is 102 cm³/mol. The lowest BCUT2D eigenvalue weighted by Crippen LogP contribution is -2.29. The van der Waals surface area contributed by atoms with E-state index in [9.17, 15) is 9.59 Å². The number of benzene rings is 1. The molecule has 2 atom stereocenters. The number of aryl methyl sites for hydroxylation is 1. The number of nitrogens with zero attached hydrogens (tertiary/aromatic N) is 1. The third kappa shape index (κ3) is 3.17. The lowest BCUT2D eigenvalue weighted by molar-refractivity contribution is -0.151. The highest BCUT2D eigenvalue weighted by Crippen LogP contribution is 2.44. The minimum Gasteiger partial charge on any atom is -0.477 e. The van der Waals surface area contributed by atoms with Gasteiger partial charge in [-0.2, -0.15) is 0 Å².